The van der Waals surface area contributed by atoms with Crippen molar-refractivity contribution >= 4 is 23.2 Å². The second-order valence-electron chi connectivity index (χ2n) is 6.06. The van der Waals surface area contributed by atoms with Gasteiger partial charge in [-0.15, -0.1) is 11.3 Å². The summed E-state index contributed by atoms with van der Waals surface area (Å²) in [5, 5.41) is 2.44. The summed E-state index contributed by atoms with van der Waals surface area (Å²) in [6, 6.07) is 0. The molecule has 1 heterocycles. The van der Waals surface area contributed by atoms with E-state index in [4.69, 9.17) is 4.74 Å². The van der Waals surface area contributed by atoms with Crippen LogP contribution in [-0.2, 0) is 20.8 Å². The molecule has 6 nitrogen and oxygen atoms in total. The largest absolute Gasteiger partial charge is 0.464 e. The third-order valence-corrected chi connectivity index (χ3v) is 5.15. The Labute approximate surface area is 147 Å². The first-order valence-electron chi connectivity index (χ1n) is 8.46. The minimum atomic E-state index is -0.443. The molecule has 7 heteroatoms. The molecule has 1 aliphatic carbocycles. The quantitative estimate of drug-likeness (QED) is 0.530. The van der Waals surface area contributed by atoms with Crippen LogP contribution in [0.1, 0.15) is 54.0 Å². The average molecular weight is 354 g/mol. The summed E-state index contributed by atoms with van der Waals surface area (Å²) in [5.41, 5.74) is 0.305. The smallest absolute Gasteiger partial charge is 0.357 e. The Bertz CT molecular complexity index is 540. The second-order valence-corrected chi connectivity index (χ2v) is 7.00. The zero-order chi connectivity index (χ0) is 17.4. The van der Waals surface area contributed by atoms with Crippen LogP contribution in [-0.4, -0.2) is 49.1 Å². The Balaban J connectivity index is 2.02. The predicted octanol–water partition coefficient (Wildman–Crippen LogP) is 2.88. The molecule has 0 aromatic carbocycles. The van der Waals surface area contributed by atoms with Gasteiger partial charge in [-0.3, -0.25) is 4.79 Å². The molecule has 0 unspecified atom stereocenters. The Morgan fingerprint density at radius 3 is 2.71 bits per heavy atom. The predicted molar refractivity (Wildman–Crippen MR) is 91.9 cm³/mol. The van der Waals surface area contributed by atoms with Crippen molar-refractivity contribution < 1.29 is 19.1 Å². The molecule has 2 rings (SSSR count). The van der Waals surface area contributed by atoms with Crippen LogP contribution >= 0.6 is 11.3 Å². The molecular weight excluding hydrogens is 328 g/mol. The number of thiazole rings is 1. The lowest BCUT2D eigenvalue weighted by Crippen LogP contribution is -2.37. The molecule has 0 radical (unpaired) electrons. The summed E-state index contributed by atoms with van der Waals surface area (Å²) >= 11 is 1.39. The lowest BCUT2D eigenvalue weighted by Gasteiger charge is -2.28. The molecule has 0 bridgehead atoms. The Kier molecular flexibility index (Phi) is 7.65. The summed E-state index contributed by atoms with van der Waals surface area (Å²) in [4.78, 5) is 30.6. The standard InChI is InChI=1S/C17H26N2O4S/c1-22-10-6-9-19(16(20)13-7-4-3-5-8-13)11-15-18-14(12-24-15)17(21)23-2/h12-13H,3-11H2,1-2H3. The number of carbonyl (C=O) groups excluding carboxylic acids is 2. The maximum absolute atomic E-state index is 12.9. The van der Waals surface area contributed by atoms with E-state index in [1.165, 1.54) is 24.9 Å². The zero-order valence-corrected chi connectivity index (χ0v) is 15.3. The van der Waals surface area contributed by atoms with Gasteiger partial charge in [0.1, 0.15) is 5.01 Å². The van der Waals surface area contributed by atoms with Crippen molar-refractivity contribution in [1.82, 2.24) is 9.88 Å². The normalized spacial score (nSPS) is 15.2. The molecule has 1 amide bonds. The first kappa shape index (κ1) is 18.9. The molecular formula is C17H26N2O4S. The summed E-state index contributed by atoms with van der Waals surface area (Å²) in [5.74, 6) is -0.107. The molecule has 134 valence electrons. The van der Waals surface area contributed by atoms with Gasteiger partial charge in [0.05, 0.1) is 13.7 Å². The first-order chi connectivity index (χ1) is 11.7. The summed E-state index contributed by atoms with van der Waals surface area (Å²) in [7, 11) is 3.00. The molecule has 0 aliphatic heterocycles. The Morgan fingerprint density at radius 2 is 2.04 bits per heavy atom. The number of aromatic nitrogens is 1. The molecule has 1 aromatic heterocycles. The van der Waals surface area contributed by atoms with E-state index in [9.17, 15) is 9.59 Å². The van der Waals surface area contributed by atoms with Gasteiger partial charge >= 0.3 is 5.97 Å². The van der Waals surface area contributed by atoms with Crippen molar-refractivity contribution in [1.29, 1.82) is 0 Å². The first-order valence-corrected chi connectivity index (χ1v) is 9.34. The number of carbonyl (C=O) groups is 2. The third kappa shape index (κ3) is 5.27. The van der Waals surface area contributed by atoms with Gasteiger partial charge in [-0.1, -0.05) is 19.3 Å². The maximum atomic E-state index is 12.9. The van der Waals surface area contributed by atoms with Gasteiger partial charge in [0.25, 0.3) is 0 Å². The van der Waals surface area contributed by atoms with Gasteiger partial charge in [-0.05, 0) is 19.3 Å². The van der Waals surface area contributed by atoms with Gasteiger partial charge in [0.15, 0.2) is 5.69 Å². The van der Waals surface area contributed by atoms with E-state index < -0.39 is 5.97 Å². The van der Waals surface area contributed by atoms with Gasteiger partial charge in [0.2, 0.25) is 5.91 Å². The average Bonchev–Trinajstić information content (AvgIpc) is 3.09. The van der Waals surface area contributed by atoms with Gasteiger partial charge < -0.3 is 14.4 Å². The number of nitrogens with zero attached hydrogens (tertiary/aromatic N) is 2. The summed E-state index contributed by atoms with van der Waals surface area (Å²) in [6.45, 7) is 1.72. The van der Waals surface area contributed by atoms with Crippen LogP contribution < -0.4 is 0 Å². The van der Waals surface area contributed by atoms with Crippen LogP contribution in [0, 0.1) is 5.92 Å². The van der Waals surface area contributed by atoms with E-state index in [0.29, 0.717) is 25.4 Å². The highest BCUT2D eigenvalue weighted by Crippen LogP contribution is 2.26. The molecule has 0 spiro atoms. The molecule has 1 fully saturated rings. The molecule has 0 saturated heterocycles. The van der Waals surface area contributed by atoms with Gasteiger partial charge in [-0.25, -0.2) is 9.78 Å². The topological polar surface area (TPSA) is 68.7 Å². The van der Waals surface area contributed by atoms with E-state index in [0.717, 1.165) is 37.1 Å². The van der Waals surface area contributed by atoms with Crippen LogP contribution in [0.25, 0.3) is 0 Å². The maximum Gasteiger partial charge on any atom is 0.357 e. The number of methoxy groups -OCH3 is 2. The molecule has 1 aliphatic rings. The van der Waals surface area contributed by atoms with Crippen LogP contribution in [0.2, 0.25) is 0 Å². The van der Waals surface area contributed by atoms with Crippen LogP contribution in [0.15, 0.2) is 5.38 Å². The Hall–Kier alpha value is -1.47. The highest BCUT2D eigenvalue weighted by atomic mass is 32.1. The third-order valence-electron chi connectivity index (χ3n) is 4.31. The molecule has 0 atom stereocenters. The van der Waals surface area contributed by atoms with Crippen molar-refractivity contribution in [2.24, 2.45) is 5.92 Å². The number of rotatable bonds is 8. The molecule has 24 heavy (non-hydrogen) atoms. The van der Waals surface area contributed by atoms with Crippen LogP contribution in [0.4, 0.5) is 0 Å². The van der Waals surface area contributed by atoms with Crippen molar-refractivity contribution in [2.75, 3.05) is 27.4 Å². The van der Waals surface area contributed by atoms with Crippen LogP contribution in [0.5, 0.6) is 0 Å². The number of hydrogen-bond acceptors (Lipinski definition) is 6. The van der Waals surface area contributed by atoms with Crippen molar-refractivity contribution in [2.45, 2.75) is 45.1 Å². The van der Waals surface area contributed by atoms with Crippen molar-refractivity contribution in [3.8, 4) is 0 Å². The highest BCUT2D eigenvalue weighted by Gasteiger charge is 2.26. The summed E-state index contributed by atoms with van der Waals surface area (Å²) < 4.78 is 9.79. The van der Waals surface area contributed by atoms with Gasteiger partial charge in [0, 0.05) is 31.6 Å². The molecule has 0 N–H and O–H groups in total. The van der Waals surface area contributed by atoms with E-state index >= 15 is 0 Å². The van der Waals surface area contributed by atoms with Crippen molar-refractivity contribution in [3.05, 3.63) is 16.1 Å². The fraction of sp³-hybridized carbons (Fsp3) is 0.706. The molecule has 1 saturated carbocycles. The number of hydrogen-bond donors (Lipinski definition) is 0. The van der Waals surface area contributed by atoms with E-state index in [1.807, 2.05) is 4.90 Å². The van der Waals surface area contributed by atoms with E-state index in [-0.39, 0.29) is 11.8 Å². The monoisotopic (exact) mass is 354 g/mol. The number of esters is 1. The second kappa shape index (κ2) is 9.74. The number of ether oxygens (including phenoxy) is 2. The fourth-order valence-corrected chi connectivity index (χ4v) is 3.80. The lowest BCUT2D eigenvalue weighted by atomic mass is 9.88. The van der Waals surface area contributed by atoms with Crippen molar-refractivity contribution in [3.63, 3.8) is 0 Å². The minimum absolute atomic E-state index is 0.126. The Morgan fingerprint density at radius 1 is 1.29 bits per heavy atom. The summed E-state index contributed by atoms with van der Waals surface area (Å²) in [6.07, 6.45) is 6.24. The number of amides is 1. The van der Waals surface area contributed by atoms with E-state index in [2.05, 4.69) is 9.72 Å². The highest BCUT2D eigenvalue weighted by molar-refractivity contribution is 7.09. The fourth-order valence-electron chi connectivity index (χ4n) is 3.02. The van der Waals surface area contributed by atoms with Crippen LogP contribution in [0.3, 0.4) is 0 Å². The lowest BCUT2D eigenvalue weighted by molar-refractivity contribution is -0.137. The zero-order valence-electron chi connectivity index (χ0n) is 14.5. The van der Waals surface area contributed by atoms with Gasteiger partial charge in [-0.2, -0.15) is 0 Å². The van der Waals surface area contributed by atoms with E-state index in [1.54, 1.807) is 12.5 Å². The SMILES string of the molecule is COCCCN(Cc1nc(C(=O)OC)cs1)C(=O)C1CCCCC1. The minimum Gasteiger partial charge on any atom is -0.464 e. The molecule has 1 aromatic rings.